The second kappa shape index (κ2) is 8.64. The lowest BCUT2D eigenvalue weighted by atomic mass is 10.2. The second-order valence-corrected chi connectivity index (χ2v) is 7.72. The lowest BCUT2D eigenvalue weighted by Crippen LogP contribution is -2.26. The minimum atomic E-state index is -0.349. The highest BCUT2D eigenvalue weighted by Gasteiger charge is 2.13. The van der Waals surface area contributed by atoms with Crippen molar-refractivity contribution in [3.8, 4) is 22.8 Å². The van der Waals surface area contributed by atoms with E-state index < -0.39 is 0 Å². The van der Waals surface area contributed by atoms with Gasteiger partial charge in [0.1, 0.15) is 6.54 Å². The monoisotopic (exact) mass is 484 g/mol. The lowest BCUT2D eigenvalue weighted by Gasteiger charge is -2.08. The van der Waals surface area contributed by atoms with Gasteiger partial charge in [-0.05, 0) is 54.6 Å². The van der Waals surface area contributed by atoms with Crippen molar-refractivity contribution < 1.29 is 9.32 Å². The predicted octanol–water partition coefficient (Wildman–Crippen LogP) is 4.62. The summed E-state index contributed by atoms with van der Waals surface area (Å²) >= 11 is 9.22. The van der Waals surface area contributed by atoms with Crippen molar-refractivity contribution in [1.29, 1.82) is 0 Å². The average molecular weight is 486 g/mol. The number of hydrogen-bond acceptors (Lipinski definition) is 5. The maximum Gasteiger partial charge on any atom is 0.259 e. The third-order valence-corrected chi connectivity index (χ3v) is 4.98. The van der Waals surface area contributed by atoms with E-state index in [1.165, 1.54) is 16.8 Å². The normalized spacial score (nSPS) is 10.7. The topological polar surface area (TPSA) is 90.0 Å². The van der Waals surface area contributed by atoms with E-state index in [9.17, 15) is 9.59 Å². The molecular formula is C21H14BrClN4O3. The molecular weight excluding hydrogens is 472 g/mol. The smallest absolute Gasteiger partial charge is 0.259 e. The molecule has 0 fully saturated rings. The Morgan fingerprint density at radius 1 is 1.03 bits per heavy atom. The number of nitrogens with one attached hydrogen (secondary N) is 1. The number of amides is 1. The summed E-state index contributed by atoms with van der Waals surface area (Å²) in [4.78, 5) is 28.9. The number of pyridine rings is 1. The number of anilines is 1. The van der Waals surface area contributed by atoms with Gasteiger partial charge in [-0.25, -0.2) is 0 Å². The van der Waals surface area contributed by atoms with E-state index in [0.717, 1.165) is 10.0 Å². The van der Waals surface area contributed by atoms with Gasteiger partial charge in [-0.2, -0.15) is 4.98 Å². The van der Waals surface area contributed by atoms with Gasteiger partial charge in [0, 0.05) is 33.0 Å². The quantitative estimate of drug-likeness (QED) is 0.445. The van der Waals surface area contributed by atoms with E-state index in [1.807, 2.05) is 24.3 Å². The standard InChI is InChI=1S/C21H14BrClN4O3/c22-15-4-1-13(2-5-15)20-25-21(30-26-20)14-3-10-19(29)27(11-14)12-18(28)24-17-8-6-16(23)7-9-17/h1-11H,12H2,(H,24,28). The Labute approximate surface area is 184 Å². The summed E-state index contributed by atoms with van der Waals surface area (Å²) in [6, 6.07) is 17.1. The highest BCUT2D eigenvalue weighted by Crippen LogP contribution is 2.23. The Bertz CT molecular complexity index is 1250. The molecule has 0 bridgehead atoms. The number of carbonyl (C=O) groups excluding carboxylic acids is 1. The molecule has 0 unspecified atom stereocenters. The third kappa shape index (κ3) is 4.67. The first-order chi connectivity index (χ1) is 14.5. The summed E-state index contributed by atoms with van der Waals surface area (Å²) in [7, 11) is 0. The summed E-state index contributed by atoms with van der Waals surface area (Å²) in [5, 5.41) is 7.28. The first-order valence-electron chi connectivity index (χ1n) is 8.84. The molecule has 2 aromatic heterocycles. The zero-order valence-electron chi connectivity index (χ0n) is 15.4. The molecule has 0 spiro atoms. The molecule has 0 saturated heterocycles. The molecule has 2 aromatic carbocycles. The Morgan fingerprint density at radius 2 is 1.73 bits per heavy atom. The van der Waals surface area contributed by atoms with Crippen LogP contribution in [0.4, 0.5) is 5.69 Å². The van der Waals surface area contributed by atoms with Crippen molar-refractivity contribution in [1.82, 2.24) is 14.7 Å². The Hall–Kier alpha value is -3.23. The molecule has 1 N–H and O–H groups in total. The molecule has 4 aromatic rings. The summed E-state index contributed by atoms with van der Waals surface area (Å²) in [5.74, 6) is 0.327. The van der Waals surface area contributed by atoms with Gasteiger partial charge in [0.05, 0.1) is 5.56 Å². The van der Waals surface area contributed by atoms with Crippen molar-refractivity contribution in [2.45, 2.75) is 6.54 Å². The van der Waals surface area contributed by atoms with E-state index in [1.54, 1.807) is 30.3 Å². The van der Waals surface area contributed by atoms with Gasteiger partial charge in [0.15, 0.2) is 0 Å². The molecule has 0 atom stereocenters. The van der Waals surface area contributed by atoms with Gasteiger partial charge in [0.25, 0.3) is 11.4 Å². The SMILES string of the molecule is O=C(Cn1cc(-c2nc(-c3ccc(Br)cc3)no2)ccc1=O)Nc1ccc(Cl)cc1. The number of hydrogen-bond donors (Lipinski definition) is 1. The number of halogens is 2. The van der Waals surface area contributed by atoms with Gasteiger partial charge >= 0.3 is 0 Å². The van der Waals surface area contributed by atoms with E-state index in [-0.39, 0.29) is 23.9 Å². The van der Waals surface area contributed by atoms with Crippen molar-refractivity contribution >= 4 is 39.1 Å². The third-order valence-electron chi connectivity index (χ3n) is 4.20. The van der Waals surface area contributed by atoms with Crippen LogP contribution in [0.2, 0.25) is 5.02 Å². The highest BCUT2D eigenvalue weighted by atomic mass is 79.9. The molecule has 0 radical (unpaired) electrons. The van der Waals surface area contributed by atoms with E-state index in [0.29, 0.717) is 22.1 Å². The Kier molecular flexibility index (Phi) is 5.78. The van der Waals surface area contributed by atoms with Crippen molar-refractivity contribution in [2.75, 3.05) is 5.32 Å². The summed E-state index contributed by atoms with van der Waals surface area (Å²) in [5.41, 5.74) is 1.59. The minimum Gasteiger partial charge on any atom is -0.334 e. The number of aromatic nitrogens is 3. The molecule has 7 nitrogen and oxygen atoms in total. The van der Waals surface area contributed by atoms with Crippen LogP contribution in [0.15, 0.2) is 80.7 Å². The Morgan fingerprint density at radius 3 is 2.47 bits per heavy atom. The van der Waals surface area contributed by atoms with E-state index in [4.69, 9.17) is 16.1 Å². The van der Waals surface area contributed by atoms with E-state index in [2.05, 4.69) is 31.4 Å². The van der Waals surface area contributed by atoms with E-state index >= 15 is 0 Å². The van der Waals surface area contributed by atoms with Crippen LogP contribution in [0, 0.1) is 0 Å². The summed E-state index contributed by atoms with van der Waals surface area (Å²) < 4.78 is 7.57. The molecule has 0 aliphatic carbocycles. The molecule has 9 heteroatoms. The molecule has 150 valence electrons. The minimum absolute atomic E-state index is 0.164. The maximum absolute atomic E-state index is 12.3. The van der Waals surface area contributed by atoms with Gasteiger partial charge in [-0.1, -0.05) is 32.7 Å². The molecule has 0 aliphatic rings. The van der Waals surface area contributed by atoms with Crippen molar-refractivity contribution in [3.63, 3.8) is 0 Å². The number of rotatable bonds is 5. The van der Waals surface area contributed by atoms with Crippen molar-refractivity contribution in [2.24, 2.45) is 0 Å². The highest BCUT2D eigenvalue weighted by molar-refractivity contribution is 9.10. The van der Waals surface area contributed by atoms with Crippen LogP contribution in [0.3, 0.4) is 0 Å². The van der Waals surface area contributed by atoms with Crippen molar-refractivity contribution in [3.05, 3.63) is 86.7 Å². The summed E-state index contributed by atoms with van der Waals surface area (Å²) in [6.45, 7) is -0.164. The maximum atomic E-state index is 12.3. The fourth-order valence-electron chi connectivity index (χ4n) is 2.73. The molecule has 0 saturated carbocycles. The predicted molar refractivity (Wildman–Crippen MR) is 117 cm³/mol. The lowest BCUT2D eigenvalue weighted by molar-refractivity contribution is -0.116. The Balaban J connectivity index is 1.53. The first kappa shape index (κ1) is 20.1. The molecule has 0 aliphatic heterocycles. The fraction of sp³-hybridized carbons (Fsp3) is 0.0476. The first-order valence-corrected chi connectivity index (χ1v) is 10.0. The van der Waals surface area contributed by atoms with Crippen LogP contribution < -0.4 is 10.9 Å². The number of carbonyl (C=O) groups is 1. The van der Waals surface area contributed by atoms with Crippen LogP contribution in [-0.4, -0.2) is 20.6 Å². The van der Waals surface area contributed by atoms with Crippen LogP contribution in [0.25, 0.3) is 22.8 Å². The second-order valence-electron chi connectivity index (χ2n) is 6.37. The van der Waals surface area contributed by atoms with Gasteiger partial charge in [-0.15, -0.1) is 0 Å². The van der Waals surface area contributed by atoms with Gasteiger partial charge < -0.3 is 14.4 Å². The van der Waals surface area contributed by atoms with Gasteiger partial charge in [0.2, 0.25) is 11.7 Å². The van der Waals surface area contributed by atoms with Crippen LogP contribution in [0.1, 0.15) is 0 Å². The van der Waals surface area contributed by atoms with Crippen LogP contribution in [0.5, 0.6) is 0 Å². The summed E-state index contributed by atoms with van der Waals surface area (Å²) in [6.07, 6.45) is 1.52. The van der Waals surface area contributed by atoms with Gasteiger partial charge in [-0.3, -0.25) is 9.59 Å². The fourth-order valence-corrected chi connectivity index (χ4v) is 3.12. The average Bonchev–Trinajstić information content (AvgIpc) is 3.22. The number of benzene rings is 2. The molecule has 2 heterocycles. The number of nitrogens with zero attached hydrogens (tertiary/aromatic N) is 3. The molecule has 1 amide bonds. The molecule has 30 heavy (non-hydrogen) atoms. The zero-order chi connectivity index (χ0) is 21.1. The zero-order valence-corrected chi connectivity index (χ0v) is 17.7. The van der Waals surface area contributed by atoms with Crippen LogP contribution >= 0.6 is 27.5 Å². The largest absolute Gasteiger partial charge is 0.334 e. The van der Waals surface area contributed by atoms with Crippen LogP contribution in [-0.2, 0) is 11.3 Å². The molecule has 4 rings (SSSR count).